The molecule has 1 aromatic carbocycles. The standard InChI is InChI=1S/C16H23N3O2.HI/c1-3-17-16(18-9-6-10-20-2)19-12-14-11-13-7-4-5-8-15(13)21-14;/h4-5,7-8,11H,3,6,9-10,12H2,1-2H3,(H2,17,18,19);1H. The maximum absolute atomic E-state index is 5.76. The molecule has 1 aromatic heterocycles. The molecule has 1 heterocycles. The summed E-state index contributed by atoms with van der Waals surface area (Å²) in [4.78, 5) is 4.54. The number of methoxy groups -OCH3 is 1. The molecule has 0 radical (unpaired) electrons. The summed E-state index contributed by atoms with van der Waals surface area (Å²) in [7, 11) is 1.71. The number of guanidine groups is 1. The highest BCUT2D eigenvalue weighted by Gasteiger charge is 2.03. The SMILES string of the molecule is CCNC(=NCc1cc2ccccc2o1)NCCCOC.I. The Hall–Kier alpha value is -1.28. The first-order valence-corrected chi connectivity index (χ1v) is 7.32. The van der Waals surface area contributed by atoms with E-state index in [1.54, 1.807) is 7.11 Å². The second kappa shape index (κ2) is 10.4. The molecule has 0 aliphatic carbocycles. The Morgan fingerprint density at radius 1 is 1.27 bits per heavy atom. The van der Waals surface area contributed by atoms with Gasteiger partial charge >= 0.3 is 0 Å². The lowest BCUT2D eigenvalue weighted by molar-refractivity contribution is 0.195. The van der Waals surface area contributed by atoms with Gasteiger partial charge in [-0.1, -0.05) is 18.2 Å². The van der Waals surface area contributed by atoms with Crippen LogP contribution in [0.4, 0.5) is 0 Å². The first-order chi connectivity index (χ1) is 10.3. The van der Waals surface area contributed by atoms with Gasteiger partial charge in [-0.2, -0.15) is 0 Å². The van der Waals surface area contributed by atoms with Gasteiger partial charge in [0.05, 0.1) is 0 Å². The van der Waals surface area contributed by atoms with Gasteiger partial charge in [0.25, 0.3) is 0 Å². The van der Waals surface area contributed by atoms with Crippen LogP contribution in [0.25, 0.3) is 11.0 Å². The summed E-state index contributed by atoms with van der Waals surface area (Å²) in [6.07, 6.45) is 0.950. The third-order valence-corrected chi connectivity index (χ3v) is 3.03. The van der Waals surface area contributed by atoms with Crippen molar-refractivity contribution in [3.8, 4) is 0 Å². The second-order valence-corrected chi connectivity index (χ2v) is 4.72. The Morgan fingerprint density at radius 3 is 2.82 bits per heavy atom. The molecule has 6 heteroatoms. The van der Waals surface area contributed by atoms with Gasteiger partial charge in [-0.05, 0) is 25.5 Å². The quantitative estimate of drug-likeness (QED) is 0.315. The van der Waals surface area contributed by atoms with Crippen LogP contribution < -0.4 is 10.6 Å². The van der Waals surface area contributed by atoms with Crippen molar-refractivity contribution in [1.29, 1.82) is 0 Å². The summed E-state index contributed by atoms with van der Waals surface area (Å²) in [5, 5.41) is 7.61. The highest BCUT2D eigenvalue weighted by molar-refractivity contribution is 14.0. The molecular formula is C16H24IN3O2. The van der Waals surface area contributed by atoms with Crippen molar-refractivity contribution < 1.29 is 9.15 Å². The fourth-order valence-electron chi connectivity index (χ4n) is 2.04. The number of halogens is 1. The zero-order valence-electron chi connectivity index (χ0n) is 13.1. The largest absolute Gasteiger partial charge is 0.459 e. The Kier molecular flexibility index (Phi) is 8.91. The molecule has 0 saturated heterocycles. The topological polar surface area (TPSA) is 58.8 Å². The summed E-state index contributed by atoms with van der Waals surface area (Å²) in [5.41, 5.74) is 0.903. The molecule has 122 valence electrons. The summed E-state index contributed by atoms with van der Waals surface area (Å²) >= 11 is 0. The van der Waals surface area contributed by atoms with Gasteiger partial charge in [0.2, 0.25) is 0 Å². The molecule has 0 unspecified atom stereocenters. The number of nitrogens with zero attached hydrogens (tertiary/aromatic N) is 1. The first kappa shape index (κ1) is 18.8. The van der Waals surface area contributed by atoms with E-state index in [1.807, 2.05) is 37.3 Å². The number of ether oxygens (including phenoxy) is 1. The van der Waals surface area contributed by atoms with Gasteiger partial charge in [-0.3, -0.25) is 0 Å². The lowest BCUT2D eigenvalue weighted by Gasteiger charge is -2.10. The monoisotopic (exact) mass is 417 g/mol. The molecule has 0 saturated carbocycles. The summed E-state index contributed by atoms with van der Waals surface area (Å²) in [6.45, 7) is 4.98. The molecule has 0 amide bonds. The second-order valence-electron chi connectivity index (χ2n) is 4.72. The van der Waals surface area contributed by atoms with Crippen molar-refractivity contribution in [3.05, 3.63) is 36.1 Å². The maximum atomic E-state index is 5.76. The number of para-hydroxylation sites is 1. The lowest BCUT2D eigenvalue weighted by atomic mass is 10.2. The number of rotatable bonds is 7. The van der Waals surface area contributed by atoms with E-state index in [1.165, 1.54) is 0 Å². The number of benzene rings is 1. The van der Waals surface area contributed by atoms with Crippen LogP contribution in [0, 0.1) is 0 Å². The van der Waals surface area contributed by atoms with Gasteiger partial charge in [0, 0.05) is 32.2 Å². The van der Waals surface area contributed by atoms with Gasteiger partial charge in [0.1, 0.15) is 17.9 Å². The zero-order chi connectivity index (χ0) is 14.9. The average molecular weight is 417 g/mol. The van der Waals surface area contributed by atoms with E-state index in [0.717, 1.165) is 48.8 Å². The normalized spacial score (nSPS) is 11.3. The molecule has 2 N–H and O–H groups in total. The summed E-state index contributed by atoms with van der Waals surface area (Å²) < 4.78 is 10.8. The van der Waals surface area contributed by atoms with E-state index in [2.05, 4.69) is 15.6 Å². The molecule has 2 rings (SSSR count). The van der Waals surface area contributed by atoms with Gasteiger partial charge < -0.3 is 19.8 Å². The van der Waals surface area contributed by atoms with Crippen LogP contribution >= 0.6 is 24.0 Å². The van der Waals surface area contributed by atoms with Crippen LogP contribution in [0.3, 0.4) is 0 Å². The third-order valence-electron chi connectivity index (χ3n) is 3.03. The summed E-state index contributed by atoms with van der Waals surface area (Å²) in [5.74, 6) is 1.67. The minimum atomic E-state index is 0. The highest BCUT2D eigenvalue weighted by atomic mass is 127. The number of nitrogens with one attached hydrogen (secondary N) is 2. The zero-order valence-corrected chi connectivity index (χ0v) is 15.4. The lowest BCUT2D eigenvalue weighted by Crippen LogP contribution is -2.38. The van der Waals surface area contributed by atoms with Crippen LogP contribution in [-0.2, 0) is 11.3 Å². The van der Waals surface area contributed by atoms with E-state index >= 15 is 0 Å². The van der Waals surface area contributed by atoms with E-state index in [-0.39, 0.29) is 24.0 Å². The van der Waals surface area contributed by atoms with Crippen molar-refractivity contribution in [1.82, 2.24) is 10.6 Å². The molecule has 0 bridgehead atoms. The van der Waals surface area contributed by atoms with Crippen molar-refractivity contribution in [2.45, 2.75) is 19.9 Å². The fourth-order valence-corrected chi connectivity index (χ4v) is 2.04. The van der Waals surface area contributed by atoms with Crippen LogP contribution in [0.2, 0.25) is 0 Å². The van der Waals surface area contributed by atoms with Crippen molar-refractivity contribution in [2.75, 3.05) is 26.8 Å². The van der Waals surface area contributed by atoms with Crippen molar-refractivity contribution >= 4 is 40.9 Å². The Balaban J connectivity index is 0.00000242. The maximum Gasteiger partial charge on any atom is 0.191 e. The predicted octanol–water partition coefficient (Wildman–Crippen LogP) is 3.14. The van der Waals surface area contributed by atoms with Crippen molar-refractivity contribution in [3.63, 3.8) is 0 Å². The van der Waals surface area contributed by atoms with Crippen molar-refractivity contribution in [2.24, 2.45) is 4.99 Å². The number of hydrogen-bond donors (Lipinski definition) is 2. The van der Waals surface area contributed by atoms with Crippen LogP contribution in [0.5, 0.6) is 0 Å². The minimum Gasteiger partial charge on any atom is -0.459 e. The number of aliphatic imine (C=N–C) groups is 1. The molecule has 2 aromatic rings. The molecule has 0 aliphatic rings. The van der Waals surface area contributed by atoms with Crippen LogP contribution in [-0.4, -0.2) is 32.8 Å². The van der Waals surface area contributed by atoms with E-state index < -0.39 is 0 Å². The predicted molar refractivity (Wildman–Crippen MR) is 101 cm³/mol. The molecule has 22 heavy (non-hydrogen) atoms. The smallest absolute Gasteiger partial charge is 0.191 e. The minimum absolute atomic E-state index is 0. The third kappa shape index (κ3) is 5.84. The molecule has 0 fully saturated rings. The fraction of sp³-hybridized carbons (Fsp3) is 0.438. The van der Waals surface area contributed by atoms with Crippen LogP contribution in [0.1, 0.15) is 19.1 Å². The first-order valence-electron chi connectivity index (χ1n) is 7.32. The average Bonchev–Trinajstić information content (AvgIpc) is 2.92. The molecule has 0 aliphatic heterocycles. The Bertz CT molecular complexity index is 551. The van der Waals surface area contributed by atoms with Crippen LogP contribution in [0.15, 0.2) is 39.7 Å². The Labute approximate surface area is 148 Å². The Morgan fingerprint density at radius 2 is 2.09 bits per heavy atom. The van der Waals surface area contributed by atoms with Gasteiger partial charge in [0.15, 0.2) is 5.96 Å². The number of fused-ring (bicyclic) bond motifs is 1. The molecule has 0 atom stereocenters. The highest BCUT2D eigenvalue weighted by Crippen LogP contribution is 2.19. The number of hydrogen-bond acceptors (Lipinski definition) is 3. The number of furan rings is 1. The molecule has 5 nitrogen and oxygen atoms in total. The molecule has 0 spiro atoms. The molecular weight excluding hydrogens is 393 g/mol. The van der Waals surface area contributed by atoms with E-state index in [0.29, 0.717) is 6.54 Å². The van der Waals surface area contributed by atoms with Gasteiger partial charge in [-0.15, -0.1) is 24.0 Å². The van der Waals surface area contributed by atoms with E-state index in [4.69, 9.17) is 9.15 Å². The van der Waals surface area contributed by atoms with Gasteiger partial charge in [-0.25, -0.2) is 4.99 Å². The summed E-state index contributed by atoms with van der Waals surface area (Å²) in [6, 6.07) is 10.0. The van der Waals surface area contributed by atoms with E-state index in [9.17, 15) is 0 Å².